The summed E-state index contributed by atoms with van der Waals surface area (Å²) in [6.45, 7) is 1.97. The van der Waals surface area contributed by atoms with E-state index in [0.717, 1.165) is 10.2 Å². The first-order valence-corrected chi connectivity index (χ1v) is 7.16. The molecule has 0 saturated heterocycles. The first-order chi connectivity index (χ1) is 7.99. The van der Waals surface area contributed by atoms with Crippen LogP contribution in [0.1, 0.15) is 17.4 Å². The molecule has 0 fully saturated rings. The minimum absolute atomic E-state index is 0.129. The molecule has 1 unspecified atom stereocenters. The molecular formula is C10H7Br2Cl2N3. The molecule has 0 saturated carbocycles. The van der Waals surface area contributed by atoms with E-state index in [1.807, 2.05) is 6.92 Å². The Morgan fingerprint density at radius 3 is 2.35 bits per heavy atom. The molecule has 1 atom stereocenters. The Hall–Kier alpha value is -0.100. The molecule has 17 heavy (non-hydrogen) atoms. The Labute approximate surface area is 125 Å². The molecule has 3 nitrogen and oxygen atoms in total. The lowest BCUT2D eigenvalue weighted by Crippen LogP contribution is -1.97. The molecule has 0 aliphatic rings. The van der Waals surface area contributed by atoms with Crippen molar-refractivity contribution in [3.05, 3.63) is 38.5 Å². The van der Waals surface area contributed by atoms with Crippen molar-refractivity contribution >= 4 is 55.1 Å². The predicted octanol–water partition coefficient (Wildman–Crippen LogP) is 4.79. The van der Waals surface area contributed by atoms with Gasteiger partial charge < -0.3 is 0 Å². The van der Waals surface area contributed by atoms with Gasteiger partial charge in [0, 0.05) is 4.47 Å². The lowest BCUT2D eigenvalue weighted by Gasteiger charge is -2.06. The van der Waals surface area contributed by atoms with Gasteiger partial charge in [0.25, 0.3) is 0 Å². The maximum absolute atomic E-state index is 6.14. The van der Waals surface area contributed by atoms with E-state index < -0.39 is 0 Å². The van der Waals surface area contributed by atoms with Crippen LogP contribution in [0.3, 0.4) is 0 Å². The smallest absolute Gasteiger partial charge is 0.104 e. The topological polar surface area (TPSA) is 30.7 Å². The zero-order chi connectivity index (χ0) is 12.6. The Morgan fingerprint density at radius 2 is 1.88 bits per heavy atom. The Balaban J connectivity index is 2.52. The first kappa shape index (κ1) is 13.3. The fraction of sp³-hybridized carbons (Fsp3) is 0.200. The quantitative estimate of drug-likeness (QED) is 0.679. The van der Waals surface area contributed by atoms with Crippen molar-refractivity contribution in [3.63, 3.8) is 0 Å². The number of alkyl halides is 1. The second-order valence-electron chi connectivity index (χ2n) is 3.42. The van der Waals surface area contributed by atoms with E-state index in [2.05, 4.69) is 42.2 Å². The molecule has 0 aliphatic heterocycles. The molecule has 1 aromatic carbocycles. The maximum atomic E-state index is 6.14. The van der Waals surface area contributed by atoms with E-state index in [1.165, 1.54) is 0 Å². The summed E-state index contributed by atoms with van der Waals surface area (Å²) in [6, 6.07) is 3.53. The van der Waals surface area contributed by atoms with Crippen LogP contribution in [0.5, 0.6) is 0 Å². The van der Waals surface area contributed by atoms with Gasteiger partial charge in [-0.15, -0.1) is 5.10 Å². The molecule has 0 spiro atoms. The summed E-state index contributed by atoms with van der Waals surface area (Å²) < 4.78 is 2.40. The molecule has 2 aromatic rings. The van der Waals surface area contributed by atoms with Crippen molar-refractivity contribution in [2.24, 2.45) is 0 Å². The molecule has 0 radical (unpaired) electrons. The van der Waals surface area contributed by atoms with Crippen LogP contribution < -0.4 is 0 Å². The number of rotatable bonds is 2. The molecule has 0 bridgehead atoms. The van der Waals surface area contributed by atoms with Gasteiger partial charge in [0.1, 0.15) is 5.69 Å². The highest BCUT2D eigenvalue weighted by Gasteiger charge is 2.13. The van der Waals surface area contributed by atoms with Gasteiger partial charge in [-0.3, -0.25) is 0 Å². The van der Waals surface area contributed by atoms with Gasteiger partial charge in [-0.25, -0.2) is 4.68 Å². The van der Waals surface area contributed by atoms with Crippen LogP contribution in [-0.4, -0.2) is 15.0 Å². The Morgan fingerprint density at radius 1 is 1.29 bits per heavy atom. The van der Waals surface area contributed by atoms with Crippen LogP contribution in [0.25, 0.3) is 5.69 Å². The lowest BCUT2D eigenvalue weighted by molar-refractivity contribution is 0.797. The van der Waals surface area contributed by atoms with Crippen LogP contribution in [0, 0.1) is 0 Å². The third-order valence-electron chi connectivity index (χ3n) is 2.13. The van der Waals surface area contributed by atoms with E-state index in [9.17, 15) is 0 Å². The monoisotopic (exact) mass is 397 g/mol. The molecule has 90 valence electrons. The highest BCUT2D eigenvalue weighted by atomic mass is 79.9. The van der Waals surface area contributed by atoms with Crippen LogP contribution in [0.4, 0.5) is 0 Å². The van der Waals surface area contributed by atoms with Gasteiger partial charge in [0.05, 0.1) is 26.8 Å². The second kappa shape index (κ2) is 5.26. The van der Waals surface area contributed by atoms with Gasteiger partial charge in [-0.2, -0.15) is 0 Å². The summed E-state index contributed by atoms with van der Waals surface area (Å²) in [6.07, 6.45) is 1.79. The molecule has 2 rings (SSSR count). The minimum Gasteiger partial charge on any atom is -0.217 e. The molecule has 7 heteroatoms. The van der Waals surface area contributed by atoms with Crippen LogP contribution in [0.15, 0.2) is 22.8 Å². The van der Waals surface area contributed by atoms with Gasteiger partial charge in [0.15, 0.2) is 0 Å². The summed E-state index contributed by atoms with van der Waals surface area (Å²) >= 11 is 19.0. The summed E-state index contributed by atoms with van der Waals surface area (Å²) in [5, 5.41) is 9.08. The maximum Gasteiger partial charge on any atom is 0.104 e. The van der Waals surface area contributed by atoms with E-state index in [1.54, 1.807) is 23.0 Å². The summed E-state index contributed by atoms with van der Waals surface area (Å²) in [7, 11) is 0. The SMILES string of the molecule is CC(Br)c1cn(-c2c(Cl)cc(Br)cc2Cl)nn1. The van der Waals surface area contributed by atoms with Crippen LogP contribution >= 0.6 is 55.1 Å². The number of hydrogen-bond acceptors (Lipinski definition) is 2. The molecule has 0 N–H and O–H groups in total. The number of nitrogens with zero attached hydrogens (tertiary/aromatic N) is 3. The summed E-state index contributed by atoms with van der Waals surface area (Å²) in [4.78, 5) is 0.129. The minimum atomic E-state index is 0.129. The predicted molar refractivity (Wildman–Crippen MR) is 76.4 cm³/mol. The zero-order valence-corrected chi connectivity index (χ0v) is 13.3. The van der Waals surface area contributed by atoms with Crippen molar-refractivity contribution in [3.8, 4) is 5.69 Å². The first-order valence-electron chi connectivity index (χ1n) is 4.70. The highest BCUT2D eigenvalue weighted by Crippen LogP contribution is 2.32. The standard InChI is InChI=1S/C10H7Br2Cl2N3/c1-5(11)9-4-17(16-15-9)10-7(13)2-6(12)3-8(10)14/h2-5H,1H3. The molecule has 0 amide bonds. The molecule has 1 heterocycles. The van der Waals surface area contributed by atoms with E-state index in [-0.39, 0.29) is 4.83 Å². The molecule has 1 aromatic heterocycles. The van der Waals surface area contributed by atoms with Crippen molar-refractivity contribution in [1.82, 2.24) is 15.0 Å². The number of aromatic nitrogens is 3. The summed E-state index contributed by atoms with van der Waals surface area (Å²) in [5.74, 6) is 0. The normalized spacial score (nSPS) is 12.8. The van der Waals surface area contributed by atoms with Gasteiger partial charge in [-0.05, 0) is 19.1 Å². The van der Waals surface area contributed by atoms with Crippen molar-refractivity contribution in [2.75, 3.05) is 0 Å². The lowest BCUT2D eigenvalue weighted by atomic mass is 10.3. The van der Waals surface area contributed by atoms with Crippen LogP contribution in [0.2, 0.25) is 10.0 Å². The number of hydrogen-bond donors (Lipinski definition) is 0. The number of halogens is 4. The Kier molecular flexibility index (Phi) is 4.13. The van der Waals surface area contributed by atoms with Crippen LogP contribution in [-0.2, 0) is 0 Å². The average Bonchev–Trinajstić information content (AvgIpc) is 2.65. The van der Waals surface area contributed by atoms with Crippen molar-refractivity contribution in [1.29, 1.82) is 0 Å². The molecular weight excluding hydrogens is 393 g/mol. The van der Waals surface area contributed by atoms with Gasteiger partial charge in [-0.1, -0.05) is 60.3 Å². The number of benzene rings is 1. The van der Waals surface area contributed by atoms with E-state index in [4.69, 9.17) is 23.2 Å². The van der Waals surface area contributed by atoms with Gasteiger partial charge >= 0.3 is 0 Å². The average molecular weight is 400 g/mol. The second-order valence-corrected chi connectivity index (χ2v) is 6.53. The largest absolute Gasteiger partial charge is 0.217 e. The third kappa shape index (κ3) is 2.84. The zero-order valence-electron chi connectivity index (χ0n) is 8.66. The van der Waals surface area contributed by atoms with Gasteiger partial charge in [0.2, 0.25) is 0 Å². The Bertz CT molecular complexity index is 531. The van der Waals surface area contributed by atoms with Crippen molar-refractivity contribution < 1.29 is 0 Å². The fourth-order valence-corrected chi connectivity index (χ4v) is 2.91. The van der Waals surface area contributed by atoms with E-state index >= 15 is 0 Å². The third-order valence-corrected chi connectivity index (χ3v) is 3.63. The van der Waals surface area contributed by atoms with E-state index in [0.29, 0.717) is 15.7 Å². The molecule has 0 aliphatic carbocycles. The van der Waals surface area contributed by atoms with Crippen molar-refractivity contribution in [2.45, 2.75) is 11.8 Å². The fourth-order valence-electron chi connectivity index (χ4n) is 1.32. The highest BCUT2D eigenvalue weighted by molar-refractivity contribution is 9.10. The summed E-state index contributed by atoms with van der Waals surface area (Å²) in [5.41, 5.74) is 1.45.